The lowest BCUT2D eigenvalue weighted by atomic mass is 10.1. The second kappa shape index (κ2) is 6.22. The molecule has 0 aliphatic rings. The molecule has 3 rings (SSSR count). The fraction of sp³-hybridized carbons (Fsp3) is 0.0526. The van der Waals surface area contributed by atoms with Gasteiger partial charge in [-0.2, -0.15) is 0 Å². The van der Waals surface area contributed by atoms with Gasteiger partial charge in [0.1, 0.15) is 0 Å². The van der Waals surface area contributed by atoms with Crippen LogP contribution in [0.25, 0.3) is 22.5 Å². The number of allylic oxidation sites excluding steroid dienone is 2. The Morgan fingerprint density at radius 1 is 1.14 bits per heavy atom. The van der Waals surface area contributed by atoms with E-state index in [1.54, 1.807) is 6.21 Å². The first-order valence-electron chi connectivity index (χ1n) is 7.18. The average molecular weight is 287 g/mol. The van der Waals surface area contributed by atoms with E-state index in [9.17, 15) is 0 Å². The molecular formula is C19H17N3. The van der Waals surface area contributed by atoms with Gasteiger partial charge in [-0.15, -0.1) is 0 Å². The summed E-state index contributed by atoms with van der Waals surface area (Å²) in [7, 11) is 0. The summed E-state index contributed by atoms with van der Waals surface area (Å²) in [5.74, 6) is 0.759. The molecule has 2 heterocycles. The molecule has 3 aromatic rings. The van der Waals surface area contributed by atoms with Crippen molar-refractivity contribution in [2.75, 3.05) is 0 Å². The largest absolute Gasteiger partial charge is 0.298 e. The van der Waals surface area contributed by atoms with Crippen molar-refractivity contribution in [3.8, 4) is 11.3 Å². The van der Waals surface area contributed by atoms with E-state index in [-0.39, 0.29) is 0 Å². The third kappa shape index (κ3) is 2.61. The number of imidazole rings is 1. The van der Waals surface area contributed by atoms with Crippen molar-refractivity contribution < 1.29 is 0 Å². The van der Waals surface area contributed by atoms with Crippen LogP contribution in [0.3, 0.4) is 0 Å². The van der Waals surface area contributed by atoms with Gasteiger partial charge in [0.25, 0.3) is 0 Å². The smallest absolute Gasteiger partial charge is 0.163 e. The van der Waals surface area contributed by atoms with Gasteiger partial charge in [-0.05, 0) is 25.1 Å². The minimum Gasteiger partial charge on any atom is -0.298 e. The van der Waals surface area contributed by atoms with E-state index in [0.29, 0.717) is 5.70 Å². The molecule has 0 atom stereocenters. The first-order valence-corrected chi connectivity index (χ1v) is 7.18. The fourth-order valence-corrected chi connectivity index (χ4v) is 2.33. The molecule has 0 aliphatic heterocycles. The standard InChI is InChI=1S/C19H17N3/c1-3-4-13-20-15(2)19-21-18(16-10-6-5-7-11-16)17-12-8-9-14-22(17)19/h3-14H,2H2,1H3/b4-3-,20-13-. The number of pyridine rings is 1. The van der Waals surface area contributed by atoms with E-state index in [1.165, 1.54) is 0 Å². The average Bonchev–Trinajstić information content (AvgIpc) is 2.95. The summed E-state index contributed by atoms with van der Waals surface area (Å²) in [5.41, 5.74) is 3.72. The van der Waals surface area contributed by atoms with Gasteiger partial charge in [0.15, 0.2) is 5.82 Å². The number of aromatic nitrogens is 2. The summed E-state index contributed by atoms with van der Waals surface area (Å²) in [4.78, 5) is 9.12. The summed E-state index contributed by atoms with van der Waals surface area (Å²) < 4.78 is 2.03. The van der Waals surface area contributed by atoms with Gasteiger partial charge in [-0.25, -0.2) is 4.98 Å². The van der Waals surface area contributed by atoms with Gasteiger partial charge in [0, 0.05) is 18.0 Å². The Balaban J connectivity index is 2.15. The van der Waals surface area contributed by atoms with Crippen molar-refractivity contribution in [1.82, 2.24) is 9.38 Å². The Morgan fingerprint density at radius 2 is 1.91 bits per heavy atom. The van der Waals surface area contributed by atoms with Crippen LogP contribution < -0.4 is 0 Å². The number of fused-ring (bicyclic) bond motifs is 1. The molecule has 0 spiro atoms. The highest BCUT2D eigenvalue weighted by atomic mass is 15.0. The zero-order valence-electron chi connectivity index (χ0n) is 12.5. The second-order valence-corrected chi connectivity index (χ2v) is 4.86. The fourth-order valence-electron chi connectivity index (χ4n) is 2.33. The van der Waals surface area contributed by atoms with Crippen molar-refractivity contribution in [1.29, 1.82) is 0 Å². The zero-order chi connectivity index (χ0) is 15.4. The van der Waals surface area contributed by atoms with Crippen molar-refractivity contribution in [3.63, 3.8) is 0 Å². The summed E-state index contributed by atoms with van der Waals surface area (Å²) in [6.45, 7) is 5.99. The van der Waals surface area contributed by atoms with Crippen LogP contribution in [0.2, 0.25) is 0 Å². The van der Waals surface area contributed by atoms with Crippen LogP contribution >= 0.6 is 0 Å². The lowest BCUT2D eigenvalue weighted by molar-refractivity contribution is 1.10. The molecule has 22 heavy (non-hydrogen) atoms. The Kier molecular flexibility index (Phi) is 3.97. The number of nitrogens with zero attached hydrogens (tertiary/aromatic N) is 3. The van der Waals surface area contributed by atoms with Crippen molar-refractivity contribution in [2.45, 2.75) is 6.92 Å². The maximum atomic E-state index is 4.76. The van der Waals surface area contributed by atoms with Crippen LogP contribution in [0, 0.1) is 0 Å². The Labute approximate surface area is 130 Å². The minimum absolute atomic E-state index is 0.640. The van der Waals surface area contributed by atoms with Gasteiger partial charge < -0.3 is 0 Å². The zero-order valence-corrected chi connectivity index (χ0v) is 12.5. The number of hydrogen-bond acceptors (Lipinski definition) is 2. The normalized spacial score (nSPS) is 11.7. The first kappa shape index (κ1) is 14.0. The van der Waals surface area contributed by atoms with Crippen molar-refractivity contribution >= 4 is 17.4 Å². The third-order valence-corrected chi connectivity index (χ3v) is 3.36. The van der Waals surface area contributed by atoms with Crippen molar-refractivity contribution in [3.05, 3.63) is 79.3 Å². The Hall–Kier alpha value is -2.94. The molecule has 2 aromatic heterocycles. The predicted molar refractivity (Wildman–Crippen MR) is 93.0 cm³/mol. The van der Waals surface area contributed by atoms with Gasteiger partial charge >= 0.3 is 0 Å². The number of benzene rings is 1. The van der Waals surface area contributed by atoms with Gasteiger partial charge in [0.2, 0.25) is 0 Å². The summed E-state index contributed by atoms with van der Waals surface area (Å²) in [5, 5.41) is 0. The lowest BCUT2D eigenvalue weighted by Crippen LogP contribution is -1.90. The number of rotatable bonds is 4. The second-order valence-electron chi connectivity index (χ2n) is 4.86. The summed E-state index contributed by atoms with van der Waals surface area (Å²) >= 11 is 0. The van der Waals surface area contributed by atoms with E-state index in [1.807, 2.05) is 60.0 Å². The maximum Gasteiger partial charge on any atom is 0.163 e. The summed E-state index contributed by atoms with van der Waals surface area (Å²) in [6.07, 6.45) is 7.52. The Bertz CT molecular complexity index is 855. The van der Waals surface area contributed by atoms with Crippen LogP contribution in [0.5, 0.6) is 0 Å². The minimum atomic E-state index is 0.640. The third-order valence-electron chi connectivity index (χ3n) is 3.36. The topological polar surface area (TPSA) is 29.7 Å². The van der Waals surface area contributed by atoms with E-state index in [0.717, 1.165) is 22.6 Å². The monoisotopic (exact) mass is 287 g/mol. The van der Waals surface area contributed by atoms with Gasteiger partial charge in [-0.1, -0.05) is 49.1 Å². The van der Waals surface area contributed by atoms with Crippen LogP contribution in [-0.2, 0) is 0 Å². The molecule has 0 amide bonds. The van der Waals surface area contributed by atoms with Crippen LogP contribution in [0.1, 0.15) is 12.7 Å². The quantitative estimate of drug-likeness (QED) is 0.644. The molecule has 3 nitrogen and oxygen atoms in total. The molecule has 0 unspecified atom stereocenters. The van der Waals surface area contributed by atoms with Crippen LogP contribution in [-0.4, -0.2) is 15.6 Å². The van der Waals surface area contributed by atoms with Gasteiger partial charge in [-0.3, -0.25) is 9.39 Å². The van der Waals surface area contributed by atoms with Crippen molar-refractivity contribution in [2.24, 2.45) is 4.99 Å². The van der Waals surface area contributed by atoms with Crippen LogP contribution in [0.4, 0.5) is 0 Å². The highest BCUT2D eigenvalue weighted by Gasteiger charge is 2.13. The number of aliphatic imine (C=N–C) groups is 1. The molecular weight excluding hydrogens is 270 g/mol. The molecule has 0 radical (unpaired) electrons. The predicted octanol–water partition coefficient (Wildman–Crippen LogP) is 4.62. The summed E-state index contributed by atoms with van der Waals surface area (Å²) in [6, 6.07) is 16.2. The molecule has 0 N–H and O–H groups in total. The van der Waals surface area contributed by atoms with Gasteiger partial charge in [0.05, 0.1) is 16.9 Å². The SMILES string of the molecule is C=C(/N=C\C=C/C)c1nc(-c2ccccc2)c2ccccn12. The Morgan fingerprint density at radius 3 is 2.68 bits per heavy atom. The lowest BCUT2D eigenvalue weighted by Gasteiger charge is -1.99. The highest BCUT2D eigenvalue weighted by Crippen LogP contribution is 2.27. The molecule has 0 saturated heterocycles. The molecule has 0 aliphatic carbocycles. The molecule has 3 heteroatoms. The van der Waals surface area contributed by atoms with E-state index in [2.05, 4.69) is 29.8 Å². The molecule has 108 valence electrons. The molecule has 0 bridgehead atoms. The maximum absolute atomic E-state index is 4.76. The van der Waals surface area contributed by atoms with E-state index < -0.39 is 0 Å². The van der Waals surface area contributed by atoms with E-state index in [4.69, 9.17) is 4.98 Å². The molecule has 0 saturated carbocycles. The van der Waals surface area contributed by atoms with Crippen LogP contribution in [0.15, 0.2) is 78.5 Å². The first-order chi connectivity index (χ1) is 10.8. The number of hydrogen-bond donors (Lipinski definition) is 0. The molecule has 0 fully saturated rings. The molecule has 1 aromatic carbocycles. The van der Waals surface area contributed by atoms with E-state index >= 15 is 0 Å². The highest BCUT2D eigenvalue weighted by molar-refractivity contribution is 5.83.